The van der Waals surface area contributed by atoms with Crippen molar-refractivity contribution in [2.24, 2.45) is 4.99 Å². The molecule has 1 aliphatic heterocycles. The molecule has 1 aromatic heterocycles. The molecule has 2 heterocycles. The largest absolute Gasteiger partial charge is 0.372 e. The first kappa shape index (κ1) is 18.3. The summed E-state index contributed by atoms with van der Waals surface area (Å²) in [6.07, 6.45) is 8.17. The molecule has 140 valence electrons. The third kappa shape index (κ3) is 5.00. The van der Waals surface area contributed by atoms with Crippen molar-refractivity contribution in [1.82, 2.24) is 20.2 Å². The molecule has 2 N–H and O–H groups in total. The molecule has 3 rings (SSSR count). The van der Waals surface area contributed by atoms with Crippen LogP contribution in [0.5, 0.6) is 0 Å². The third-order valence-electron chi connectivity index (χ3n) is 4.73. The van der Waals surface area contributed by atoms with Crippen LogP contribution >= 0.6 is 0 Å². The molecule has 0 bridgehead atoms. The van der Waals surface area contributed by atoms with E-state index in [0.29, 0.717) is 6.54 Å². The number of aliphatic imine (C=N–C) groups is 1. The van der Waals surface area contributed by atoms with Crippen molar-refractivity contribution in [3.63, 3.8) is 0 Å². The topological polar surface area (TPSA) is 57.5 Å². The van der Waals surface area contributed by atoms with Gasteiger partial charge in [-0.15, -0.1) is 0 Å². The number of nitrogens with one attached hydrogen (secondary N) is 2. The monoisotopic (exact) mass is 354 g/mol. The van der Waals surface area contributed by atoms with Crippen molar-refractivity contribution >= 4 is 11.6 Å². The lowest BCUT2D eigenvalue weighted by molar-refractivity contribution is 0.668. The Morgan fingerprint density at radius 3 is 2.88 bits per heavy atom. The molecular weight excluding hydrogens is 324 g/mol. The normalized spacial score (nSPS) is 15.9. The van der Waals surface area contributed by atoms with E-state index in [9.17, 15) is 0 Å². The van der Waals surface area contributed by atoms with Gasteiger partial charge < -0.3 is 20.1 Å². The van der Waals surface area contributed by atoms with Crippen LogP contribution in [-0.2, 0) is 6.54 Å². The van der Waals surface area contributed by atoms with Crippen molar-refractivity contribution in [1.29, 1.82) is 0 Å². The van der Waals surface area contributed by atoms with Crippen molar-refractivity contribution in [3.8, 4) is 0 Å². The molecule has 0 spiro atoms. The van der Waals surface area contributed by atoms with Crippen LogP contribution in [0.1, 0.15) is 38.3 Å². The number of imidazole rings is 1. The predicted molar refractivity (Wildman–Crippen MR) is 108 cm³/mol. The first-order chi connectivity index (χ1) is 12.8. The third-order valence-corrected chi connectivity index (χ3v) is 4.73. The number of nitrogens with zero attached hydrogens (tertiary/aromatic N) is 4. The van der Waals surface area contributed by atoms with Crippen LogP contribution in [0.2, 0.25) is 0 Å². The molecule has 1 unspecified atom stereocenters. The average molecular weight is 355 g/mol. The second-order valence-electron chi connectivity index (χ2n) is 6.72. The summed E-state index contributed by atoms with van der Waals surface area (Å²) in [6.45, 7) is 9.00. The molecule has 0 saturated carbocycles. The van der Waals surface area contributed by atoms with Crippen LogP contribution in [0.15, 0.2) is 48.0 Å². The standard InChI is InChI=1S/C20H30N6/c1-3-22-20(23-10-14-25-13-9-21-16-25)24-17(2)18-7-6-8-19(15-18)26-11-4-5-12-26/h6-9,13,15-17H,3-5,10-12,14H2,1-2H3,(H2,22,23,24). The van der Waals surface area contributed by atoms with E-state index in [0.717, 1.165) is 19.0 Å². The van der Waals surface area contributed by atoms with E-state index in [1.807, 2.05) is 17.1 Å². The zero-order valence-corrected chi connectivity index (χ0v) is 15.9. The first-order valence-corrected chi connectivity index (χ1v) is 9.61. The molecule has 1 atom stereocenters. The number of aromatic nitrogens is 2. The maximum absolute atomic E-state index is 4.69. The van der Waals surface area contributed by atoms with Crippen LogP contribution in [0.3, 0.4) is 0 Å². The Kier molecular flexibility index (Phi) is 6.52. The van der Waals surface area contributed by atoms with E-state index in [2.05, 4.69) is 63.6 Å². The highest BCUT2D eigenvalue weighted by Crippen LogP contribution is 2.23. The maximum Gasteiger partial charge on any atom is 0.191 e. The number of hydrogen-bond donors (Lipinski definition) is 2. The zero-order chi connectivity index (χ0) is 18.2. The molecule has 2 aromatic rings. The lowest BCUT2D eigenvalue weighted by Gasteiger charge is -2.22. The lowest BCUT2D eigenvalue weighted by atomic mass is 10.1. The van der Waals surface area contributed by atoms with Gasteiger partial charge in [0.25, 0.3) is 0 Å². The lowest BCUT2D eigenvalue weighted by Crippen LogP contribution is -2.39. The van der Waals surface area contributed by atoms with E-state index in [1.54, 1.807) is 6.20 Å². The minimum absolute atomic E-state index is 0.198. The van der Waals surface area contributed by atoms with Gasteiger partial charge in [-0.3, -0.25) is 4.99 Å². The number of hydrogen-bond acceptors (Lipinski definition) is 3. The Morgan fingerprint density at radius 1 is 1.31 bits per heavy atom. The van der Waals surface area contributed by atoms with Gasteiger partial charge in [-0.1, -0.05) is 12.1 Å². The molecule has 0 radical (unpaired) electrons. The second kappa shape index (κ2) is 9.27. The molecular formula is C20H30N6. The van der Waals surface area contributed by atoms with E-state index in [1.165, 1.54) is 37.2 Å². The summed E-state index contributed by atoms with van der Waals surface area (Å²) in [6, 6.07) is 9.06. The molecule has 6 nitrogen and oxygen atoms in total. The minimum atomic E-state index is 0.198. The molecule has 1 fully saturated rings. The SMILES string of the molecule is CCNC(=NCCn1ccnc1)NC(C)c1cccc(N2CCCC2)c1. The fourth-order valence-electron chi connectivity index (χ4n) is 3.27. The fraction of sp³-hybridized carbons (Fsp3) is 0.500. The van der Waals surface area contributed by atoms with Gasteiger partial charge in [0.1, 0.15) is 0 Å². The van der Waals surface area contributed by atoms with Gasteiger partial charge in [0, 0.05) is 44.3 Å². The van der Waals surface area contributed by atoms with E-state index >= 15 is 0 Å². The molecule has 0 aliphatic carbocycles. The highest BCUT2D eigenvalue weighted by Gasteiger charge is 2.14. The van der Waals surface area contributed by atoms with Crippen LogP contribution in [0.4, 0.5) is 5.69 Å². The van der Waals surface area contributed by atoms with Crippen LogP contribution in [0.25, 0.3) is 0 Å². The Labute approximate surface area is 156 Å². The Hall–Kier alpha value is -2.50. The summed E-state index contributed by atoms with van der Waals surface area (Å²) in [5, 5.41) is 6.86. The van der Waals surface area contributed by atoms with Crippen LogP contribution in [0, 0.1) is 0 Å². The average Bonchev–Trinajstić information content (AvgIpc) is 3.36. The van der Waals surface area contributed by atoms with E-state index < -0.39 is 0 Å². The zero-order valence-electron chi connectivity index (χ0n) is 15.9. The first-order valence-electron chi connectivity index (χ1n) is 9.61. The highest BCUT2D eigenvalue weighted by atomic mass is 15.2. The van der Waals surface area contributed by atoms with Gasteiger partial charge in [-0.25, -0.2) is 4.98 Å². The quantitative estimate of drug-likeness (QED) is 0.593. The summed E-state index contributed by atoms with van der Waals surface area (Å²) in [7, 11) is 0. The van der Waals surface area contributed by atoms with Gasteiger partial charge in [0.2, 0.25) is 0 Å². The molecule has 26 heavy (non-hydrogen) atoms. The summed E-state index contributed by atoms with van der Waals surface area (Å²) in [5.74, 6) is 0.853. The summed E-state index contributed by atoms with van der Waals surface area (Å²) in [4.78, 5) is 11.2. The van der Waals surface area contributed by atoms with Gasteiger partial charge in [-0.05, 0) is 44.4 Å². The molecule has 1 saturated heterocycles. The van der Waals surface area contributed by atoms with Crippen LogP contribution < -0.4 is 15.5 Å². The summed E-state index contributed by atoms with van der Waals surface area (Å²) >= 11 is 0. The van der Waals surface area contributed by atoms with Crippen molar-refractivity contribution in [3.05, 3.63) is 48.5 Å². The Balaban J connectivity index is 1.61. The van der Waals surface area contributed by atoms with Gasteiger partial charge in [-0.2, -0.15) is 0 Å². The minimum Gasteiger partial charge on any atom is -0.372 e. The number of rotatable bonds is 7. The molecule has 0 amide bonds. The summed E-state index contributed by atoms with van der Waals surface area (Å²) < 4.78 is 2.04. The van der Waals surface area contributed by atoms with Gasteiger partial charge >= 0.3 is 0 Å². The fourth-order valence-corrected chi connectivity index (χ4v) is 3.27. The Morgan fingerprint density at radius 2 is 2.15 bits per heavy atom. The Bertz CT molecular complexity index is 688. The van der Waals surface area contributed by atoms with Crippen molar-refractivity contribution in [2.75, 3.05) is 31.1 Å². The van der Waals surface area contributed by atoms with Crippen molar-refractivity contribution < 1.29 is 0 Å². The number of benzene rings is 1. The van der Waals surface area contributed by atoms with Crippen molar-refractivity contribution in [2.45, 2.75) is 39.3 Å². The predicted octanol–water partition coefficient (Wildman–Crippen LogP) is 2.80. The second-order valence-corrected chi connectivity index (χ2v) is 6.72. The van der Waals surface area contributed by atoms with E-state index in [-0.39, 0.29) is 6.04 Å². The molecule has 1 aromatic carbocycles. The van der Waals surface area contributed by atoms with Gasteiger partial charge in [0.15, 0.2) is 5.96 Å². The van der Waals surface area contributed by atoms with Gasteiger partial charge in [0.05, 0.1) is 18.9 Å². The maximum atomic E-state index is 4.69. The number of guanidine groups is 1. The number of anilines is 1. The highest BCUT2D eigenvalue weighted by molar-refractivity contribution is 5.80. The summed E-state index contributed by atoms with van der Waals surface area (Å²) in [5.41, 5.74) is 2.62. The molecule has 6 heteroatoms. The molecule has 1 aliphatic rings. The smallest absolute Gasteiger partial charge is 0.191 e. The van der Waals surface area contributed by atoms with E-state index in [4.69, 9.17) is 0 Å². The van der Waals surface area contributed by atoms with Crippen LogP contribution in [-0.4, -0.2) is 41.7 Å².